The van der Waals surface area contributed by atoms with Gasteiger partial charge in [0.2, 0.25) is 5.88 Å². The maximum atomic E-state index is 5.25. The van der Waals surface area contributed by atoms with Gasteiger partial charge in [-0.1, -0.05) is 6.92 Å². The molecule has 0 aromatic carbocycles. The van der Waals surface area contributed by atoms with Gasteiger partial charge in [0.15, 0.2) is 5.82 Å². The molecule has 3 heterocycles. The van der Waals surface area contributed by atoms with Crippen LogP contribution in [-0.4, -0.2) is 36.2 Å². The molecule has 5 nitrogen and oxygen atoms in total. The normalized spacial score (nSPS) is 27.0. The predicted molar refractivity (Wildman–Crippen MR) is 62.0 cm³/mol. The Bertz CT molecular complexity index is 409. The van der Waals surface area contributed by atoms with Crippen LogP contribution in [0.2, 0.25) is 0 Å². The van der Waals surface area contributed by atoms with Crippen LogP contribution < -0.4 is 15.0 Å². The summed E-state index contributed by atoms with van der Waals surface area (Å²) in [7, 11) is 1.64. The van der Waals surface area contributed by atoms with Gasteiger partial charge in [0.1, 0.15) is 12.0 Å². The average Bonchev–Trinajstić information content (AvgIpc) is 2.70. The topological polar surface area (TPSA) is 50.3 Å². The zero-order valence-electron chi connectivity index (χ0n) is 9.60. The number of nitrogens with zero attached hydrogens (tertiary/aromatic N) is 3. The lowest BCUT2D eigenvalue weighted by molar-refractivity contribution is 0.397. The Labute approximate surface area is 94.8 Å². The molecule has 16 heavy (non-hydrogen) atoms. The molecule has 0 radical (unpaired) electrons. The van der Waals surface area contributed by atoms with E-state index in [4.69, 9.17) is 4.74 Å². The van der Waals surface area contributed by atoms with Gasteiger partial charge in [0, 0.05) is 13.1 Å². The van der Waals surface area contributed by atoms with Crippen molar-refractivity contribution in [3.63, 3.8) is 0 Å². The van der Waals surface area contributed by atoms with Crippen LogP contribution in [0, 0.1) is 5.92 Å². The predicted octanol–water partition coefficient (Wildman–Crippen LogP) is 1.13. The second-order valence-corrected chi connectivity index (χ2v) is 4.49. The molecule has 0 spiro atoms. The van der Waals surface area contributed by atoms with Crippen molar-refractivity contribution in [1.29, 1.82) is 0 Å². The number of anilines is 2. The Hall–Kier alpha value is -1.52. The summed E-state index contributed by atoms with van der Waals surface area (Å²) in [4.78, 5) is 10.9. The van der Waals surface area contributed by atoms with Crippen LogP contribution in [0.5, 0.6) is 5.88 Å². The molecular formula is C11H16N4O. The van der Waals surface area contributed by atoms with Gasteiger partial charge in [-0.2, -0.15) is 4.98 Å². The van der Waals surface area contributed by atoms with E-state index in [0.29, 0.717) is 11.9 Å². The van der Waals surface area contributed by atoms with Crippen molar-refractivity contribution >= 4 is 11.5 Å². The fourth-order valence-corrected chi connectivity index (χ4v) is 2.68. The van der Waals surface area contributed by atoms with Crippen LogP contribution in [0.25, 0.3) is 0 Å². The molecule has 5 heteroatoms. The maximum absolute atomic E-state index is 5.25. The number of fused-ring (bicyclic) bond motifs is 3. The highest BCUT2D eigenvalue weighted by atomic mass is 16.5. The van der Waals surface area contributed by atoms with E-state index in [0.717, 1.165) is 30.5 Å². The maximum Gasteiger partial charge on any atom is 0.242 e. The molecule has 0 saturated carbocycles. The second-order valence-electron chi connectivity index (χ2n) is 4.49. The van der Waals surface area contributed by atoms with Crippen LogP contribution in [0.3, 0.4) is 0 Å². The largest absolute Gasteiger partial charge is 0.479 e. The standard InChI is InChI=1S/C11H16N4O/c1-7-3-4-15-8(7)5-12-9-10(15)13-6-14-11(9)16-2/h6-8,12H,3-5H2,1-2H3. The third-order valence-electron chi connectivity index (χ3n) is 3.63. The molecule has 86 valence electrons. The van der Waals surface area contributed by atoms with Gasteiger partial charge in [-0.05, 0) is 12.3 Å². The third kappa shape index (κ3) is 1.24. The minimum atomic E-state index is 0.562. The molecule has 0 bridgehead atoms. The monoisotopic (exact) mass is 220 g/mol. The van der Waals surface area contributed by atoms with Gasteiger partial charge >= 0.3 is 0 Å². The summed E-state index contributed by atoms with van der Waals surface area (Å²) in [5.41, 5.74) is 0.940. The van der Waals surface area contributed by atoms with Crippen molar-refractivity contribution in [3.05, 3.63) is 6.33 Å². The smallest absolute Gasteiger partial charge is 0.242 e. The van der Waals surface area contributed by atoms with Gasteiger partial charge in [0.05, 0.1) is 13.2 Å². The number of rotatable bonds is 1. The fourth-order valence-electron chi connectivity index (χ4n) is 2.68. The highest BCUT2D eigenvalue weighted by Crippen LogP contribution is 2.40. The second kappa shape index (κ2) is 3.50. The van der Waals surface area contributed by atoms with E-state index in [1.165, 1.54) is 6.42 Å². The summed E-state index contributed by atoms with van der Waals surface area (Å²) in [6.07, 6.45) is 2.81. The van der Waals surface area contributed by atoms with Gasteiger partial charge < -0.3 is 15.0 Å². The first-order valence-corrected chi connectivity index (χ1v) is 5.70. The number of nitrogens with one attached hydrogen (secondary N) is 1. The Morgan fingerprint density at radius 1 is 1.50 bits per heavy atom. The molecule has 1 aromatic heterocycles. The molecule has 0 aliphatic carbocycles. The lowest BCUT2D eigenvalue weighted by atomic mass is 10.0. The Kier molecular flexibility index (Phi) is 2.12. The molecule has 1 saturated heterocycles. The third-order valence-corrected chi connectivity index (χ3v) is 3.63. The number of ether oxygens (including phenoxy) is 1. The minimum Gasteiger partial charge on any atom is -0.479 e. The van der Waals surface area contributed by atoms with Gasteiger partial charge in [0.25, 0.3) is 0 Å². The summed E-state index contributed by atoms with van der Waals surface area (Å²) in [6.45, 7) is 4.34. The van der Waals surface area contributed by atoms with Crippen molar-refractivity contribution in [3.8, 4) is 5.88 Å². The Balaban J connectivity index is 2.04. The lowest BCUT2D eigenvalue weighted by Gasteiger charge is -2.34. The molecule has 1 aromatic rings. The van der Waals surface area contributed by atoms with Gasteiger partial charge in [-0.3, -0.25) is 0 Å². The molecule has 1 N–H and O–H groups in total. The van der Waals surface area contributed by atoms with Gasteiger partial charge in [-0.25, -0.2) is 4.98 Å². The van der Waals surface area contributed by atoms with E-state index in [2.05, 4.69) is 27.1 Å². The summed E-state index contributed by atoms with van der Waals surface area (Å²) < 4.78 is 5.25. The van der Waals surface area contributed by atoms with Crippen molar-refractivity contribution in [2.24, 2.45) is 5.92 Å². The zero-order valence-corrected chi connectivity index (χ0v) is 9.60. The van der Waals surface area contributed by atoms with E-state index < -0.39 is 0 Å². The first-order valence-electron chi connectivity index (χ1n) is 5.70. The SMILES string of the molecule is COc1ncnc2c1NCC1C(C)CCN21. The van der Waals surface area contributed by atoms with Crippen LogP contribution >= 0.6 is 0 Å². The quantitative estimate of drug-likeness (QED) is 0.768. The van der Waals surface area contributed by atoms with Crippen molar-refractivity contribution in [2.45, 2.75) is 19.4 Å². The van der Waals surface area contributed by atoms with Crippen LogP contribution in [0.1, 0.15) is 13.3 Å². The van der Waals surface area contributed by atoms with E-state index in [9.17, 15) is 0 Å². The molecule has 2 aliphatic heterocycles. The molecular weight excluding hydrogens is 204 g/mol. The van der Waals surface area contributed by atoms with Crippen molar-refractivity contribution < 1.29 is 4.74 Å². The first-order chi connectivity index (χ1) is 7.81. The molecule has 2 atom stereocenters. The summed E-state index contributed by atoms with van der Waals surface area (Å²) in [5.74, 6) is 2.36. The van der Waals surface area contributed by atoms with E-state index in [-0.39, 0.29) is 0 Å². The first kappa shape index (κ1) is 9.69. The number of hydrogen-bond acceptors (Lipinski definition) is 5. The lowest BCUT2D eigenvalue weighted by Crippen LogP contribution is -2.42. The van der Waals surface area contributed by atoms with E-state index >= 15 is 0 Å². The summed E-state index contributed by atoms with van der Waals surface area (Å²) in [5, 5.41) is 3.39. The van der Waals surface area contributed by atoms with E-state index in [1.54, 1.807) is 13.4 Å². The van der Waals surface area contributed by atoms with Crippen LogP contribution in [-0.2, 0) is 0 Å². The Morgan fingerprint density at radius 2 is 2.38 bits per heavy atom. The number of aromatic nitrogens is 2. The summed E-state index contributed by atoms with van der Waals surface area (Å²) in [6, 6.07) is 0.562. The van der Waals surface area contributed by atoms with Crippen molar-refractivity contribution in [2.75, 3.05) is 30.4 Å². The van der Waals surface area contributed by atoms with E-state index in [1.807, 2.05) is 0 Å². The van der Waals surface area contributed by atoms with Crippen LogP contribution in [0.4, 0.5) is 11.5 Å². The minimum absolute atomic E-state index is 0.562. The fraction of sp³-hybridized carbons (Fsp3) is 0.636. The highest BCUT2D eigenvalue weighted by molar-refractivity contribution is 5.73. The highest BCUT2D eigenvalue weighted by Gasteiger charge is 2.37. The zero-order chi connectivity index (χ0) is 11.1. The van der Waals surface area contributed by atoms with Gasteiger partial charge in [-0.15, -0.1) is 0 Å². The summed E-state index contributed by atoms with van der Waals surface area (Å²) >= 11 is 0. The molecule has 0 amide bonds. The molecule has 2 unspecified atom stereocenters. The van der Waals surface area contributed by atoms with Crippen LogP contribution in [0.15, 0.2) is 6.33 Å². The average molecular weight is 220 g/mol. The molecule has 2 aliphatic rings. The number of hydrogen-bond donors (Lipinski definition) is 1. The Morgan fingerprint density at radius 3 is 3.19 bits per heavy atom. The number of methoxy groups -OCH3 is 1. The molecule has 3 rings (SSSR count). The molecule has 1 fully saturated rings. The van der Waals surface area contributed by atoms with Crippen molar-refractivity contribution in [1.82, 2.24) is 9.97 Å².